The van der Waals surface area contributed by atoms with E-state index >= 15 is 0 Å². The van der Waals surface area contributed by atoms with Crippen molar-refractivity contribution in [2.24, 2.45) is 5.73 Å². The molecule has 0 aromatic carbocycles. The molecule has 1 unspecified atom stereocenters. The van der Waals surface area contributed by atoms with Crippen molar-refractivity contribution in [2.75, 3.05) is 5.73 Å². The van der Waals surface area contributed by atoms with Crippen molar-refractivity contribution in [1.82, 2.24) is 4.98 Å². The molecule has 0 bridgehead atoms. The first-order chi connectivity index (χ1) is 6.65. The summed E-state index contributed by atoms with van der Waals surface area (Å²) < 4.78 is 0. The summed E-state index contributed by atoms with van der Waals surface area (Å²) in [5.41, 5.74) is 11.7. The summed E-state index contributed by atoms with van der Waals surface area (Å²) in [5, 5.41) is 0. The van der Waals surface area contributed by atoms with Crippen LogP contribution >= 0.6 is 0 Å². The molecule has 4 N–H and O–H groups in total. The highest BCUT2D eigenvalue weighted by Gasteiger charge is 2.12. The molecule has 1 aromatic heterocycles. The Labute approximate surface area is 83.3 Å². The molecule has 1 rings (SSSR count). The van der Waals surface area contributed by atoms with Gasteiger partial charge in [-0.3, -0.25) is 4.79 Å². The number of carbonyl (C=O) groups is 1. The molecule has 14 heavy (non-hydrogen) atoms. The number of nitrogens with two attached hydrogens (primary N) is 2. The molecule has 0 radical (unpaired) electrons. The van der Waals surface area contributed by atoms with Crippen LogP contribution in [0.3, 0.4) is 0 Å². The molecule has 0 amide bonds. The monoisotopic (exact) mass is 193 g/mol. The fourth-order valence-electron chi connectivity index (χ4n) is 1.15. The van der Waals surface area contributed by atoms with E-state index in [-0.39, 0.29) is 17.6 Å². The minimum atomic E-state index is -0.0953. The maximum atomic E-state index is 11.6. The van der Waals surface area contributed by atoms with Gasteiger partial charge in [0.2, 0.25) is 0 Å². The number of ketones is 1. The van der Waals surface area contributed by atoms with Gasteiger partial charge in [0, 0.05) is 18.7 Å². The van der Waals surface area contributed by atoms with Crippen LogP contribution in [0, 0.1) is 0 Å². The van der Waals surface area contributed by atoms with Gasteiger partial charge < -0.3 is 11.5 Å². The summed E-state index contributed by atoms with van der Waals surface area (Å²) in [6.45, 7) is 1.95. The van der Waals surface area contributed by atoms with Crippen molar-refractivity contribution >= 4 is 11.6 Å². The molecule has 0 spiro atoms. The standard InChI is InChI=1S/C10H15N3O/c1-2-7(11)6-9(14)8-4-3-5-13-10(8)12/h3-5,7H,2,6,11H2,1H3,(H2,12,13). The number of aromatic nitrogens is 1. The van der Waals surface area contributed by atoms with Crippen LogP contribution in [0.1, 0.15) is 30.1 Å². The van der Waals surface area contributed by atoms with Gasteiger partial charge in [0.05, 0.1) is 5.56 Å². The number of hydrogen-bond donors (Lipinski definition) is 2. The Hall–Kier alpha value is -1.42. The fraction of sp³-hybridized carbons (Fsp3) is 0.400. The van der Waals surface area contributed by atoms with Crippen LogP contribution in [0.5, 0.6) is 0 Å². The minimum Gasteiger partial charge on any atom is -0.383 e. The van der Waals surface area contributed by atoms with E-state index in [1.807, 2.05) is 6.92 Å². The lowest BCUT2D eigenvalue weighted by Gasteiger charge is -2.08. The lowest BCUT2D eigenvalue weighted by molar-refractivity contribution is 0.0974. The van der Waals surface area contributed by atoms with Gasteiger partial charge in [0.15, 0.2) is 5.78 Å². The van der Waals surface area contributed by atoms with Crippen molar-refractivity contribution in [1.29, 1.82) is 0 Å². The lowest BCUT2D eigenvalue weighted by atomic mass is 10.0. The summed E-state index contributed by atoms with van der Waals surface area (Å²) >= 11 is 0. The number of hydrogen-bond acceptors (Lipinski definition) is 4. The SMILES string of the molecule is CCC(N)CC(=O)c1cccnc1N. The summed E-state index contributed by atoms with van der Waals surface area (Å²) in [6, 6.07) is 3.27. The molecule has 0 saturated heterocycles. The van der Waals surface area contributed by atoms with Crippen LogP contribution in [-0.4, -0.2) is 16.8 Å². The Balaban J connectivity index is 2.75. The number of carbonyl (C=O) groups excluding carboxylic acids is 1. The third kappa shape index (κ3) is 2.53. The van der Waals surface area contributed by atoms with E-state index < -0.39 is 0 Å². The highest BCUT2D eigenvalue weighted by molar-refractivity contribution is 6.00. The van der Waals surface area contributed by atoms with Gasteiger partial charge in [0.25, 0.3) is 0 Å². The second-order valence-electron chi connectivity index (χ2n) is 3.23. The number of nitrogen functional groups attached to an aromatic ring is 1. The predicted molar refractivity (Wildman–Crippen MR) is 55.9 cm³/mol. The Morgan fingerprint density at radius 2 is 2.36 bits per heavy atom. The first-order valence-corrected chi connectivity index (χ1v) is 4.64. The highest BCUT2D eigenvalue weighted by atomic mass is 16.1. The molecule has 1 atom stereocenters. The zero-order valence-corrected chi connectivity index (χ0v) is 8.23. The van der Waals surface area contributed by atoms with Crippen LogP contribution in [0.25, 0.3) is 0 Å². The van der Waals surface area contributed by atoms with E-state index in [4.69, 9.17) is 11.5 Å². The average Bonchev–Trinajstić information content (AvgIpc) is 2.18. The number of anilines is 1. The largest absolute Gasteiger partial charge is 0.383 e. The predicted octanol–water partition coefficient (Wildman–Crippen LogP) is 0.974. The Morgan fingerprint density at radius 3 is 2.93 bits per heavy atom. The van der Waals surface area contributed by atoms with Gasteiger partial charge >= 0.3 is 0 Å². The Kier molecular flexibility index (Phi) is 3.59. The Bertz CT molecular complexity index is 325. The third-order valence-electron chi connectivity index (χ3n) is 2.11. The van der Waals surface area contributed by atoms with E-state index in [1.54, 1.807) is 18.3 Å². The van der Waals surface area contributed by atoms with Gasteiger partial charge in [-0.15, -0.1) is 0 Å². The average molecular weight is 193 g/mol. The van der Waals surface area contributed by atoms with Crippen LogP contribution < -0.4 is 11.5 Å². The van der Waals surface area contributed by atoms with Crippen molar-refractivity contribution in [3.05, 3.63) is 23.9 Å². The van der Waals surface area contributed by atoms with Gasteiger partial charge in [0.1, 0.15) is 5.82 Å². The molecule has 0 aliphatic rings. The molecule has 1 heterocycles. The van der Waals surface area contributed by atoms with E-state index in [0.29, 0.717) is 12.0 Å². The quantitative estimate of drug-likeness (QED) is 0.698. The van der Waals surface area contributed by atoms with Crippen molar-refractivity contribution in [3.8, 4) is 0 Å². The van der Waals surface area contributed by atoms with Gasteiger partial charge in [-0.05, 0) is 18.6 Å². The molecule has 0 aliphatic carbocycles. The topological polar surface area (TPSA) is 82.0 Å². The lowest BCUT2D eigenvalue weighted by Crippen LogP contribution is -2.23. The molecule has 0 fully saturated rings. The minimum absolute atomic E-state index is 0.0371. The fourth-order valence-corrected chi connectivity index (χ4v) is 1.15. The summed E-state index contributed by atoms with van der Waals surface area (Å²) in [4.78, 5) is 15.5. The van der Waals surface area contributed by atoms with Crippen molar-refractivity contribution in [3.63, 3.8) is 0 Å². The smallest absolute Gasteiger partial charge is 0.168 e. The number of Topliss-reactive ketones (excluding diaryl/α,β-unsaturated/α-hetero) is 1. The Morgan fingerprint density at radius 1 is 1.64 bits per heavy atom. The van der Waals surface area contributed by atoms with E-state index in [2.05, 4.69) is 4.98 Å². The third-order valence-corrected chi connectivity index (χ3v) is 2.11. The van der Waals surface area contributed by atoms with Gasteiger partial charge in [-0.1, -0.05) is 6.92 Å². The summed E-state index contributed by atoms with van der Waals surface area (Å²) in [7, 11) is 0. The normalized spacial score (nSPS) is 12.4. The maximum Gasteiger partial charge on any atom is 0.168 e. The van der Waals surface area contributed by atoms with Gasteiger partial charge in [-0.25, -0.2) is 4.98 Å². The number of nitrogens with zero attached hydrogens (tertiary/aromatic N) is 1. The maximum absolute atomic E-state index is 11.6. The molecule has 1 aromatic rings. The molecule has 4 heteroatoms. The molecule has 4 nitrogen and oxygen atoms in total. The molecular formula is C10H15N3O. The summed E-state index contributed by atoms with van der Waals surface area (Å²) in [5.74, 6) is 0.241. The van der Waals surface area contributed by atoms with E-state index in [1.165, 1.54) is 0 Å². The molecule has 76 valence electrons. The van der Waals surface area contributed by atoms with Crippen LogP contribution in [0.15, 0.2) is 18.3 Å². The zero-order valence-electron chi connectivity index (χ0n) is 8.23. The van der Waals surface area contributed by atoms with Crippen LogP contribution in [0.4, 0.5) is 5.82 Å². The molecule has 0 saturated carbocycles. The molecular weight excluding hydrogens is 178 g/mol. The van der Waals surface area contributed by atoms with Gasteiger partial charge in [-0.2, -0.15) is 0 Å². The second-order valence-corrected chi connectivity index (χ2v) is 3.23. The van der Waals surface area contributed by atoms with Crippen LogP contribution in [-0.2, 0) is 0 Å². The van der Waals surface area contributed by atoms with Crippen molar-refractivity contribution < 1.29 is 4.79 Å². The second kappa shape index (κ2) is 4.72. The van der Waals surface area contributed by atoms with Crippen LogP contribution in [0.2, 0.25) is 0 Å². The van der Waals surface area contributed by atoms with Crippen molar-refractivity contribution in [2.45, 2.75) is 25.8 Å². The number of pyridine rings is 1. The van der Waals surface area contributed by atoms with E-state index in [9.17, 15) is 4.79 Å². The summed E-state index contributed by atoms with van der Waals surface area (Å²) in [6.07, 6.45) is 2.67. The highest BCUT2D eigenvalue weighted by Crippen LogP contribution is 2.11. The first kappa shape index (κ1) is 10.7. The number of rotatable bonds is 4. The molecule has 0 aliphatic heterocycles. The first-order valence-electron chi connectivity index (χ1n) is 4.64. The zero-order chi connectivity index (χ0) is 10.6. The van der Waals surface area contributed by atoms with E-state index in [0.717, 1.165) is 6.42 Å².